The van der Waals surface area contributed by atoms with Crippen LogP contribution in [0.15, 0.2) is 12.2 Å². The van der Waals surface area contributed by atoms with Crippen LogP contribution in [0.1, 0.15) is 0 Å². The fourth-order valence-corrected chi connectivity index (χ4v) is 1.16. The first-order valence-corrected chi connectivity index (χ1v) is 4.62. The fourth-order valence-electron chi connectivity index (χ4n) is 1.16. The Hall–Kier alpha value is -2.22. The Morgan fingerprint density at radius 2 is 1.82 bits per heavy atom. The van der Waals surface area contributed by atoms with Gasteiger partial charge in [0.25, 0.3) is 11.8 Å². The molecule has 1 aliphatic rings. The molecule has 8 nitrogen and oxygen atoms in total. The van der Waals surface area contributed by atoms with Gasteiger partial charge >= 0.3 is 5.97 Å². The van der Waals surface area contributed by atoms with Crippen molar-refractivity contribution in [3.8, 4) is 0 Å². The number of aliphatic hydroxyl groups excluding tert-OH is 1. The van der Waals surface area contributed by atoms with Gasteiger partial charge in [0.2, 0.25) is 5.91 Å². The van der Waals surface area contributed by atoms with E-state index < -0.39 is 42.9 Å². The van der Waals surface area contributed by atoms with Gasteiger partial charge in [-0.3, -0.25) is 19.3 Å². The van der Waals surface area contributed by atoms with E-state index in [1.165, 1.54) is 0 Å². The molecule has 3 N–H and O–H groups in total. The standard InChI is InChI=1S/C9H10N2O6/c12-4-5(9(16)17)10-6(13)3-11-7(14)1-2-8(11)15/h1-2,5,12H,3-4H2,(H,10,13)(H,16,17)/t5-/m0/s1. The molecule has 0 unspecified atom stereocenters. The number of aliphatic carboxylic acids is 1. The second-order valence-corrected chi connectivity index (χ2v) is 3.24. The molecule has 0 saturated carbocycles. The van der Waals surface area contributed by atoms with Gasteiger partial charge < -0.3 is 15.5 Å². The van der Waals surface area contributed by atoms with Crippen LogP contribution in [0.5, 0.6) is 0 Å². The number of carboxylic acids is 1. The van der Waals surface area contributed by atoms with Gasteiger partial charge in [-0.1, -0.05) is 0 Å². The summed E-state index contributed by atoms with van der Waals surface area (Å²) in [5.74, 6) is -3.52. The Morgan fingerprint density at radius 1 is 1.29 bits per heavy atom. The second-order valence-electron chi connectivity index (χ2n) is 3.24. The van der Waals surface area contributed by atoms with Gasteiger partial charge in [0, 0.05) is 12.2 Å². The molecule has 17 heavy (non-hydrogen) atoms. The molecule has 1 heterocycles. The molecule has 0 aromatic carbocycles. The van der Waals surface area contributed by atoms with E-state index in [-0.39, 0.29) is 0 Å². The van der Waals surface area contributed by atoms with Gasteiger partial charge in [-0.2, -0.15) is 0 Å². The van der Waals surface area contributed by atoms with Crippen LogP contribution in [0.25, 0.3) is 0 Å². The van der Waals surface area contributed by atoms with E-state index in [9.17, 15) is 19.2 Å². The summed E-state index contributed by atoms with van der Waals surface area (Å²) in [7, 11) is 0. The Bertz CT molecular complexity index is 384. The number of nitrogens with one attached hydrogen (secondary N) is 1. The molecule has 0 spiro atoms. The van der Waals surface area contributed by atoms with Gasteiger partial charge in [-0.05, 0) is 0 Å². The number of carboxylic acid groups (broad SMARTS) is 1. The van der Waals surface area contributed by atoms with Crippen molar-refractivity contribution >= 4 is 23.7 Å². The number of carbonyl (C=O) groups excluding carboxylic acids is 3. The normalized spacial score (nSPS) is 16.2. The number of aliphatic hydroxyl groups is 1. The summed E-state index contributed by atoms with van der Waals surface area (Å²) in [4.78, 5) is 44.6. The minimum Gasteiger partial charge on any atom is -0.480 e. The van der Waals surface area contributed by atoms with E-state index in [0.29, 0.717) is 4.90 Å². The number of imide groups is 1. The molecule has 0 radical (unpaired) electrons. The van der Waals surface area contributed by atoms with Crippen LogP contribution in [-0.2, 0) is 19.2 Å². The zero-order chi connectivity index (χ0) is 13.0. The van der Waals surface area contributed by atoms with E-state index in [1.807, 2.05) is 5.32 Å². The number of hydrogen-bond donors (Lipinski definition) is 3. The fraction of sp³-hybridized carbons (Fsp3) is 0.333. The summed E-state index contributed by atoms with van der Waals surface area (Å²) in [5.41, 5.74) is 0. The lowest BCUT2D eigenvalue weighted by Gasteiger charge is -2.16. The molecule has 0 bridgehead atoms. The number of carbonyl (C=O) groups is 4. The third kappa shape index (κ3) is 3.11. The molecule has 1 rings (SSSR count). The predicted octanol–water partition coefficient (Wildman–Crippen LogP) is -2.53. The maximum atomic E-state index is 11.3. The summed E-state index contributed by atoms with van der Waals surface area (Å²) in [6.07, 6.45) is 2.02. The highest BCUT2D eigenvalue weighted by Crippen LogP contribution is 2.02. The van der Waals surface area contributed by atoms with Crippen molar-refractivity contribution in [1.82, 2.24) is 10.2 Å². The maximum absolute atomic E-state index is 11.3. The zero-order valence-corrected chi connectivity index (χ0v) is 8.62. The van der Waals surface area contributed by atoms with Crippen LogP contribution in [0, 0.1) is 0 Å². The van der Waals surface area contributed by atoms with Crippen molar-refractivity contribution in [3.63, 3.8) is 0 Å². The third-order valence-electron chi connectivity index (χ3n) is 2.02. The lowest BCUT2D eigenvalue weighted by atomic mass is 10.3. The summed E-state index contributed by atoms with van der Waals surface area (Å²) in [5, 5.41) is 19.2. The zero-order valence-electron chi connectivity index (χ0n) is 8.62. The van der Waals surface area contributed by atoms with Crippen molar-refractivity contribution in [3.05, 3.63) is 12.2 Å². The number of amides is 3. The van der Waals surface area contributed by atoms with Crippen LogP contribution in [-0.4, -0.2) is 58.0 Å². The number of nitrogens with zero attached hydrogens (tertiary/aromatic N) is 1. The average molecular weight is 242 g/mol. The van der Waals surface area contributed by atoms with Gasteiger partial charge in [-0.15, -0.1) is 0 Å². The molecule has 0 aliphatic carbocycles. The Labute approximate surface area is 95.5 Å². The first-order valence-electron chi connectivity index (χ1n) is 4.62. The van der Waals surface area contributed by atoms with E-state index in [2.05, 4.69) is 0 Å². The minimum atomic E-state index is -1.46. The largest absolute Gasteiger partial charge is 0.480 e. The van der Waals surface area contributed by atoms with E-state index >= 15 is 0 Å². The molecule has 0 aromatic rings. The molecular weight excluding hydrogens is 232 g/mol. The highest BCUT2D eigenvalue weighted by atomic mass is 16.4. The van der Waals surface area contributed by atoms with Crippen LogP contribution in [0.3, 0.4) is 0 Å². The Kier molecular flexibility index (Phi) is 3.94. The molecule has 1 aliphatic heterocycles. The van der Waals surface area contributed by atoms with Crippen LogP contribution in [0.4, 0.5) is 0 Å². The van der Waals surface area contributed by atoms with Crippen molar-refractivity contribution < 1.29 is 29.4 Å². The minimum absolute atomic E-state index is 0.575. The van der Waals surface area contributed by atoms with Gasteiger partial charge in [0.15, 0.2) is 0 Å². The molecule has 0 saturated heterocycles. The van der Waals surface area contributed by atoms with Gasteiger partial charge in [0.1, 0.15) is 12.6 Å². The average Bonchev–Trinajstić information content (AvgIpc) is 2.57. The smallest absolute Gasteiger partial charge is 0.328 e. The highest BCUT2D eigenvalue weighted by Gasteiger charge is 2.27. The highest BCUT2D eigenvalue weighted by molar-refractivity contribution is 6.14. The molecule has 0 aromatic heterocycles. The quantitative estimate of drug-likeness (QED) is 0.457. The first kappa shape index (κ1) is 12.8. The van der Waals surface area contributed by atoms with Gasteiger partial charge in [0.05, 0.1) is 6.61 Å². The summed E-state index contributed by atoms with van der Waals surface area (Å²) in [6.45, 7) is -1.35. The SMILES string of the molecule is O=C(CN1C(=O)C=CC1=O)N[C@@H](CO)C(=O)O. The molecule has 1 atom stereocenters. The molecule has 3 amide bonds. The lowest BCUT2D eigenvalue weighted by Crippen LogP contribution is -2.48. The maximum Gasteiger partial charge on any atom is 0.328 e. The molecule has 92 valence electrons. The molecule has 0 fully saturated rings. The second kappa shape index (κ2) is 5.21. The topological polar surface area (TPSA) is 124 Å². The first-order chi connectivity index (χ1) is 7.95. The predicted molar refractivity (Wildman–Crippen MR) is 52.5 cm³/mol. The van der Waals surface area contributed by atoms with E-state index in [0.717, 1.165) is 12.2 Å². The summed E-state index contributed by atoms with van der Waals surface area (Å²) in [6, 6.07) is -1.46. The Balaban J connectivity index is 2.53. The van der Waals surface area contributed by atoms with Crippen molar-refractivity contribution in [2.75, 3.05) is 13.2 Å². The van der Waals surface area contributed by atoms with Crippen LogP contribution in [0.2, 0.25) is 0 Å². The molecular formula is C9H10N2O6. The van der Waals surface area contributed by atoms with Crippen LogP contribution < -0.4 is 5.32 Å². The third-order valence-corrected chi connectivity index (χ3v) is 2.02. The van der Waals surface area contributed by atoms with E-state index in [1.54, 1.807) is 0 Å². The Morgan fingerprint density at radius 3 is 2.24 bits per heavy atom. The number of hydrogen-bond acceptors (Lipinski definition) is 5. The lowest BCUT2D eigenvalue weighted by molar-refractivity contribution is -0.144. The monoisotopic (exact) mass is 242 g/mol. The van der Waals surface area contributed by atoms with E-state index in [4.69, 9.17) is 10.2 Å². The van der Waals surface area contributed by atoms with Crippen molar-refractivity contribution in [1.29, 1.82) is 0 Å². The number of rotatable bonds is 5. The molecule has 8 heteroatoms. The van der Waals surface area contributed by atoms with Crippen molar-refractivity contribution in [2.45, 2.75) is 6.04 Å². The van der Waals surface area contributed by atoms with Crippen molar-refractivity contribution in [2.24, 2.45) is 0 Å². The van der Waals surface area contributed by atoms with Gasteiger partial charge in [-0.25, -0.2) is 4.79 Å². The van der Waals surface area contributed by atoms with Crippen LogP contribution >= 0.6 is 0 Å². The summed E-state index contributed by atoms with van der Waals surface area (Å²) < 4.78 is 0. The summed E-state index contributed by atoms with van der Waals surface area (Å²) >= 11 is 0.